The maximum Gasteiger partial charge on any atom is 0.193 e. The summed E-state index contributed by atoms with van der Waals surface area (Å²) in [5, 5.41) is 2.26. The molecule has 0 aliphatic heterocycles. The van der Waals surface area contributed by atoms with Crippen molar-refractivity contribution in [2.24, 2.45) is 0 Å². The van der Waals surface area contributed by atoms with Gasteiger partial charge in [-0.05, 0) is 39.6 Å². The molecule has 4 aromatic rings. The summed E-state index contributed by atoms with van der Waals surface area (Å²) in [5.41, 5.74) is 5.07. The molecule has 0 radical (unpaired) electrons. The molecule has 5 rings (SSSR count). The second kappa shape index (κ2) is 6.37. The summed E-state index contributed by atoms with van der Waals surface area (Å²) in [6.07, 6.45) is 4.36. The fraction of sp³-hybridized carbons (Fsp3) is 0.0385. The largest absolute Gasteiger partial charge is 0.289 e. The summed E-state index contributed by atoms with van der Waals surface area (Å²) in [5.74, 6) is 0.183. The Bertz CT molecular complexity index is 1190. The summed E-state index contributed by atoms with van der Waals surface area (Å²) in [6, 6.07) is 30.4. The Morgan fingerprint density at radius 3 is 2.15 bits per heavy atom. The molecule has 1 aliphatic carbocycles. The summed E-state index contributed by atoms with van der Waals surface area (Å²) in [6.45, 7) is 0. The summed E-state index contributed by atoms with van der Waals surface area (Å²) in [7, 11) is 0. The zero-order valence-corrected chi connectivity index (χ0v) is 14.8. The minimum Gasteiger partial charge on any atom is -0.289 e. The molecule has 0 fully saturated rings. The molecule has 1 heteroatoms. The van der Waals surface area contributed by atoms with E-state index in [0.717, 1.165) is 27.5 Å². The monoisotopic (exact) mass is 346 g/mol. The molecule has 0 saturated carbocycles. The fourth-order valence-electron chi connectivity index (χ4n) is 3.98. The first-order chi connectivity index (χ1) is 13.3. The highest BCUT2D eigenvalue weighted by atomic mass is 16.1. The van der Waals surface area contributed by atoms with Crippen molar-refractivity contribution < 1.29 is 4.79 Å². The molecule has 1 atom stereocenters. The highest BCUT2D eigenvalue weighted by molar-refractivity contribution is 6.12. The first-order valence-electron chi connectivity index (χ1n) is 9.21. The Balaban J connectivity index is 1.74. The van der Waals surface area contributed by atoms with Crippen LogP contribution in [0.4, 0.5) is 0 Å². The Morgan fingerprint density at radius 2 is 1.33 bits per heavy atom. The first kappa shape index (κ1) is 15.8. The molecule has 0 aromatic heterocycles. The van der Waals surface area contributed by atoms with Gasteiger partial charge in [0.2, 0.25) is 0 Å². The molecule has 0 N–H and O–H groups in total. The van der Waals surface area contributed by atoms with Crippen LogP contribution < -0.4 is 0 Å². The third-order valence-corrected chi connectivity index (χ3v) is 5.33. The van der Waals surface area contributed by atoms with Gasteiger partial charge in [0.05, 0.1) is 0 Å². The van der Waals surface area contributed by atoms with Gasteiger partial charge in [-0.3, -0.25) is 4.79 Å². The van der Waals surface area contributed by atoms with Crippen LogP contribution in [-0.4, -0.2) is 5.78 Å². The number of rotatable bonds is 3. The van der Waals surface area contributed by atoms with Gasteiger partial charge in [-0.1, -0.05) is 91.0 Å². The molecule has 0 bridgehead atoms. The molecular formula is C26H18O. The van der Waals surface area contributed by atoms with E-state index in [1.54, 1.807) is 0 Å². The van der Waals surface area contributed by atoms with E-state index < -0.39 is 0 Å². The minimum atomic E-state index is 0.0779. The van der Waals surface area contributed by atoms with Crippen LogP contribution in [0.1, 0.15) is 38.5 Å². The zero-order valence-electron chi connectivity index (χ0n) is 14.8. The van der Waals surface area contributed by atoms with Crippen LogP contribution in [0.25, 0.3) is 16.8 Å². The molecule has 0 saturated heterocycles. The number of hydrogen-bond donors (Lipinski definition) is 0. The van der Waals surface area contributed by atoms with Gasteiger partial charge < -0.3 is 0 Å². The van der Waals surface area contributed by atoms with Crippen LogP contribution in [0.3, 0.4) is 0 Å². The Hall–Kier alpha value is -3.45. The number of benzene rings is 4. The van der Waals surface area contributed by atoms with E-state index in [2.05, 4.69) is 60.7 Å². The summed E-state index contributed by atoms with van der Waals surface area (Å²) in [4.78, 5) is 13.4. The van der Waals surface area contributed by atoms with E-state index in [4.69, 9.17) is 0 Å². The summed E-state index contributed by atoms with van der Waals surface area (Å²) < 4.78 is 0. The van der Waals surface area contributed by atoms with Crippen LogP contribution in [0.5, 0.6) is 0 Å². The molecule has 1 nitrogen and oxygen atoms in total. The van der Waals surface area contributed by atoms with Crippen molar-refractivity contribution in [2.75, 3.05) is 0 Å². The lowest BCUT2D eigenvalue weighted by molar-refractivity contribution is 0.103. The Morgan fingerprint density at radius 1 is 0.667 bits per heavy atom. The Labute approximate surface area is 158 Å². The smallest absolute Gasteiger partial charge is 0.193 e. The molecular weight excluding hydrogens is 328 g/mol. The van der Waals surface area contributed by atoms with Crippen molar-refractivity contribution in [1.29, 1.82) is 0 Å². The van der Waals surface area contributed by atoms with Crippen molar-refractivity contribution in [3.8, 4) is 0 Å². The third kappa shape index (κ3) is 2.69. The topological polar surface area (TPSA) is 17.1 Å². The Kier molecular flexibility index (Phi) is 3.72. The second-order valence-electron chi connectivity index (χ2n) is 6.95. The number of ketones is 1. The van der Waals surface area contributed by atoms with Crippen LogP contribution in [-0.2, 0) is 0 Å². The van der Waals surface area contributed by atoms with E-state index in [1.807, 2.05) is 42.5 Å². The van der Waals surface area contributed by atoms with Crippen LogP contribution in [0.15, 0.2) is 97.1 Å². The number of hydrogen-bond acceptors (Lipinski definition) is 1. The molecule has 128 valence electrons. The molecule has 4 aromatic carbocycles. The zero-order chi connectivity index (χ0) is 18.2. The van der Waals surface area contributed by atoms with Gasteiger partial charge in [0.1, 0.15) is 0 Å². The number of allylic oxidation sites excluding steroid dienone is 1. The van der Waals surface area contributed by atoms with E-state index in [1.165, 1.54) is 11.1 Å². The maximum absolute atomic E-state index is 13.4. The predicted molar refractivity (Wildman–Crippen MR) is 111 cm³/mol. The van der Waals surface area contributed by atoms with Crippen molar-refractivity contribution in [1.82, 2.24) is 0 Å². The normalized spacial score (nSPS) is 15.0. The van der Waals surface area contributed by atoms with Gasteiger partial charge in [0, 0.05) is 17.0 Å². The quantitative estimate of drug-likeness (QED) is 0.402. The van der Waals surface area contributed by atoms with E-state index >= 15 is 0 Å². The molecule has 1 aliphatic rings. The van der Waals surface area contributed by atoms with E-state index in [9.17, 15) is 4.79 Å². The van der Waals surface area contributed by atoms with E-state index in [-0.39, 0.29) is 11.7 Å². The average Bonchev–Trinajstić information content (AvgIpc) is 3.17. The van der Waals surface area contributed by atoms with Gasteiger partial charge in [-0.2, -0.15) is 0 Å². The SMILES string of the molecule is O=C(c1ccccc1)c1cc2ccccc2cc1C1C=Cc2ccccc21. The van der Waals surface area contributed by atoms with Crippen LogP contribution >= 0.6 is 0 Å². The lowest BCUT2D eigenvalue weighted by Gasteiger charge is -2.17. The highest BCUT2D eigenvalue weighted by Crippen LogP contribution is 2.38. The third-order valence-electron chi connectivity index (χ3n) is 5.33. The van der Waals surface area contributed by atoms with Gasteiger partial charge in [0.15, 0.2) is 5.78 Å². The standard InChI is InChI=1S/C26H18O/c27-26(19-9-2-1-3-10-19)25-17-21-12-5-4-11-20(21)16-24(25)23-15-14-18-8-6-7-13-22(18)23/h1-17,23H. The average molecular weight is 346 g/mol. The molecule has 1 unspecified atom stereocenters. The minimum absolute atomic E-state index is 0.0779. The van der Waals surface area contributed by atoms with Gasteiger partial charge in [-0.25, -0.2) is 0 Å². The van der Waals surface area contributed by atoms with Crippen LogP contribution in [0.2, 0.25) is 0 Å². The van der Waals surface area contributed by atoms with Crippen molar-refractivity contribution >= 4 is 22.6 Å². The number of fused-ring (bicyclic) bond motifs is 2. The molecule has 0 spiro atoms. The summed E-state index contributed by atoms with van der Waals surface area (Å²) >= 11 is 0. The van der Waals surface area contributed by atoms with Crippen molar-refractivity contribution in [2.45, 2.75) is 5.92 Å². The van der Waals surface area contributed by atoms with E-state index in [0.29, 0.717) is 0 Å². The van der Waals surface area contributed by atoms with Gasteiger partial charge >= 0.3 is 0 Å². The highest BCUT2D eigenvalue weighted by Gasteiger charge is 2.24. The molecule has 0 amide bonds. The van der Waals surface area contributed by atoms with Gasteiger partial charge in [-0.15, -0.1) is 0 Å². The second-order valence-corrected chi connectivity index (χ2v) is 6.95. The fourth-order valence-corrected chi connectivity index (χ4v) is 3.98. The first-order valence-corrected chi connectivity index (χ1v) is 9.21. The molecule has 27 heavy (non-hydrogen) atoms. The predicted octanol–water partition coefficient (Wildman–Crippen LogP) is 6.23. The van der Waals surface area contributed by atoms with Crippen molar-refractivity contribution in [3.63, 3.8) is 0 Å². The maximum atomic E-state index is 13.4. The number of carbonyl (C=O) groups is 1. The lowest BCUT2D eigenvalue weighted by Crippen LogP contribution is -2.09. The van der Waals surface area contributed by atoms with Crippen molar-refractivity contribution in [3.05, 3.63) is 125 Å². The van der Waals surface area contributed by atoms with Gasteiger partial charge in [0.25, 0.3) is 0 Å². The lowest BCUT2D eigenvalue weighted by atomic mass is 9.85. The number of carbonyl (C=O) groups excluding carboxylic acids is 1. The van der Waals surface area contributed by atoms with Crippen LogP contribution in [0, 0.1) is 0 Å². The molecule has 0 heterocycles.